The molecule has 0 saturated heterocycles. The van der Waals surface area contributed by atoms with Gasteiger partial charge in [0.15, 0.2) is 0 Å². The maximum absolute atomic E-state index is 13.0. The van der Waals surface area contributed by atoms with Crippen LogP contribution in [-0.4, -0.2) is 41.9 Å². The summed E-state index contributed by atoms with van der Waals surface area (Å²) < 4.78 is 41.0. The van der Waals surface area contributed by atoms with E-state index in [2.05, 4.69) is 9.71 Å². The third-order valence-corrected chi connectivity index (χ3v) is 7.53. The second-order valence-corrected chi connectivity index (χ2v) is 11.0. The van der Waals surface area contributed by atoms with Crippen molar-refractivity contribution in [2.24, 2.45) is 0 Å². The first-order chi connectivity index (χ1) is 18.6. The summed E-state index contributed by atoms with van der Waals surface area (Å²) in [6.45, 7) is 3.09. The Labute approximate surface area is 232 Å². The SMILES string of the molecule is Cc1cc(Cl)ccc1NS(=O)(=O)N(CC(=O)O)Cc1ccc(OCCc2nc(-c3ccccc3)oc2C)cc1. The van der Waals surface area contributed by atoms with E-state index in [1.165, 1.54) is 6.07 Å². The molecule has 0 radical (unpaired) electrons. The molecule has 9 nitrogen and oxygen atoms in total. The molecule has 3 aromatic carbocycles. The maximum atomic E-state index is 13.0. The van der Waals surface area contributed by atoms with Gasteiger partial charge in [0.2, 0.25) is 5.89 Å². The van der Waals surface area contributed by atoms with E-state index in [1.807, 2.05) is 37.3 Å². The maximum Gasteiger partial charge on any atom is 0.318 e. The van der Waals surface area contributed by atoms with Gasteiger partial charge in [-0.2, -0.15) is 12.7 Å². The number of aromatic nitrogens is 1. The fourth-order valence-corrected chi connectivity index (χ4v) is 5.31. The minimum Gasteiger partial charge on any atom is -0.493 e. The van der Waals surface area contributed by atoms with Crippen molar-refractivity contribution >= 4 is 33.5 Å². The van der Waals surface area contributed by atoms with E-state index < -0.39 is 22.7 Å². The third kappa shape index (κ3) is 7.60. The number of hydrogen-bond donors (Lipinski definition) is 2. The lowest BCUT2D eigenvalue weighted by molar-refractivity contribution is -0.137. The molecule has 0 unspecified atom stereocenters. The molecule has 0 saturated carbocycles. The highest BCUT2D eigenvalue weighted by Gasteiger charge is 2.25. The number of ether oxygens (including phenoxy) is 1. The van der Waals surface area contributed by atoms with E-state index in [0.717, 1.165) is 21.3 Å². The second-order valence-electron chi connectivity index (χ2n) is 8.86. The van der Waals surface area contributed by atoms with Gasteiger partial charge in [-0.25, -0.2) is 4.98 Å². The van der Waals surface area contributed by atoms with Gasteiger partial charge in [0, 0.05) is 23.6 Å². The van der Waals surface area contributed by atoms with Crippen LogP contribution in [0.4, 0.5) is 5.69 Å². The Hall–Kier alpha value is -3.86. The quantitative estimate of drug-likeness (QED) is 0.232. The Morgan fingerprint density at radius 3 is 2.46 bits per heavy atom. The van der Waals surface area contributed by atoms with Crippen LogP contribution < -0.4 is 9.46 Å². The van der Waals surface area contributed by atoms with E-state index in [9.17, 15) is 18.3 Å². The van der Waals surface area contributed by atoms with Crippen molar-refractivity contribution in [2.75, 3.05) is 17.9 Å². The van der Waals surface area contributed by atoms with Crippen molar-refractivity contribution in [1.82, 2.24) is 9.29 Å². The number of nitrogens with zero attached hydrogens (tertiary/aromatic N) is 2. The Morgan fingerprint density at radius 2 is 1.79 bits per heavy atom. The molecular weight excluding hydrogens is 542 g/mol. The van der Waals surface area contributed by atoms with Crippen molar-refractivity contribution in [3.63, 3.8) is 0 Å². The summed E-state index contributed by atoms with van der Waals surface area (Å²) in [5.74, 6) is 0.612. The molecule has 0 fully saturated rings. The van der Waals surface area contributed by atoms with Gasteiger partial charge in [-0.3, -0.25) is 9.52 Å². The first-order valence-corrected chi connectivity index (χ1v) is 13.9. The number of aryl methyl sites for hydroxylation is 2. The summed E-state index contributed by atoms with van der Waals surface area (Å²) >= 11 is 5.95. The fourth-order valence-electron chi connectivity index (χ4n) is 3.85. The summed E-state index contributed by atoms with van der Waals surface area (Å²) in [5.41, 5.74) is 3.24. The average Bonchev–Trinajstić information content (AvgIpc) is 3.27. The van der Waals surface area contributed by atoms with Crippen molar-refractivity contribution in [3.8, 4) is 17.2 Å². The van der Waals surface area contributed by atoms with Crippen molar-refractivity contribution in [1.29, 1.82) is 0 Å². The van der Waals surface area contributed by atoms with Crippen LogP contribution in [0, 0.1) is 13.8 Å². The van der Waals surface area contributed by atoms with Gasteiger partial charge in [0.1, 0.15) is 18.1 Å². The second kappa shape index (κ2) is 12.3. The predicted molar refractivity (Wildman–Crippen MR) is 149 cm³/mol. The van der Waals surface area contributed by atoms with Crippen molar-refractivity contribution in [2.45, 2.75) is 26.8 Å². The van der Waals surface area contributed by atoms with E-state index >= 15 is 0 Å². The molecule has 0 aliphatic heterocycles. The standard InChI is InChI=1S/C28H28ClN3O6S/c1-19-16-23(29)10-13-25(19)31-39(35,36)32(18-27(33)34)17-21-8-11-24(12-9-21)37-15-14-26-20(2)38-28(30-26)22-6-4-3-5-7-22/h3-13,16,31H,14-15,17-18H2,1-2H3,(H,33,34). The molecule has 0 aliphatic carbocycles. The van der Waals surface area contributed by atoms with Gasteiger partial charge >= 0.3 is 16.2 Å². The predicted octanol–water partition coefficient (Wildman–Crippen LogP) is 5.48. The van der Waals surface area contributed by atoms with Crippen LogP contribution in [0.15, 0.2) is 77.2 Å². The third-order valence-electron chi connectivity index (χ3n) is 5.88. The molecule has 0 bridgehead atoms. The topological polar surface area (TPSA) is 122 Å². The van der Waals surface area contributed by atoms with Gasteiger partial charge in [-0.05, 0) is 67.4 Å². The van der Waals surface area contributed by atoms with Crippen LogP contribution in [0.2, 0.25) is 5.02 Å². The number of rotatable bonds is 12. The number of aliphatic carboxylic acids is 1. The molecule has 2 N–H and O–H groups in total. The van der Waals surface area contributed by atoms with Crippen LogP contribution in [-0.2, 0) is 28.0 Å². The molecule has 1 aromatic heterocycles. The highest BCUT2D eigenvalue weighted by atomic mass is 35.5. The van der Waals surface area contributed by atoms with Crippen LogP contribution in [0.25, 0.3) is 11.5 Å². The van der Waals surface area contributed by atoms with Gasteiger partial charge in [0.25, 0.3) is 0 Å². The minimum atomic E-state index is -4.17. The first kappa shape index (κ1) is 28.2. The van der Waals surface area contributed by atoms with Crippen LogP contribution in [0.3, 0.4) is 0 Å². The lowest BCUT2D eigenvalue weighted by Crippen LogP contribution is -2.39. The highest BCUT2D eigenvalue weighted by Crippen LogP contribution is 2.24. The largest absolute Gasteiger partial charge is 0.493 e. The van der Waals surface area contributed by atoms with Gasteiger partial charge in [0.05, 0.1) is 18.0 Å². The molecule has 0 spiro atoms. The highest BCUT2D eigenvalue weighted by molar-refractivity contribution is 7.90. The summed E-state index contributed by atoms with van der Waals surface area (Å²) in [4.78, 5) is 16.0. The number of hydrogen-bond acceptors (Lipinski definition) is 6. The zero-order valence-electron chi connectivity index (χ0n) is 21.4. The monoisotopic (exact) mass is 569 g/mol. The van der Waals surface area contributed by atoms with Gasteiger partial charge in [-0.15, -0.1) is 0 Å². The first-order valence-electron chi connectivity index (χ1n) is 12.1. The van der Waals surface area contributed by atoms with Crippen LogP contribution >= 0.6 is 11.6 Å². The smallest absolute Gasteiger partial charge is 0.318 e. The number of halogens is 1. The van der Waals surface area contributed by atoms with E-state index in [4.69, 9.17) is 20.8 Å². The normalized spacial score (nSPS) is 11.5. The van der Waals surface area contributed by atoms with Crippen molar-refractivity contribution in [3.05, 3.63) is 100 Å². The molecular formula is C28H28ClN3O6S. The molecule has 0 atom stereocenters. The van der Waals surface area contributed by atoms with Crippen LogP contribution in [0.5, 0.6) is 5.75 Å². The molecule has 11 heteroatoms. The Morgan fingerprint density at radius 1 is 1.08 bits per heavy atom. The van der Waals surface area contributed by atoms with Gasteiger partial charge in [-0.1, -0.05) is 41.9 Å². The Balaban J connectivity index is 1.37. The summed E-state index contributed by atoms with van der Waals surface area (Å²) in [7, 11) is -4.17. The molecule has 0 aliphatic rings. The summed E-state index contributed by atoms with van der Waals surface area (Å²) in [6, 6.07) is 21.2. The minimum absolute atomic E-state index is 0.144. The fraction of sp³-hybridized carbons (Fsp3) is 0.214. The summed E-state index contributed by atoms with van der Waals surface area (Å²) in [5, 5.41) is 9.79. The molecule has 39 heavy (non-hydrogen) atoms. The molecule has 4 rings (SSSR count). The number of nitrogens with one attached hydrogen (secondary N) is 1. The van der Waals surface area contributed by atoms with E-state index in [0.29, 0.717) is 46.5 Å². The molecule has 0 amide bonds. The lowest BCUT2D eigenvalue weighted by Gasteiger charge is -2.22. The zero-order chi connectivity index (χ0) is 28.0. The molecule has 1 heterocycles. The molecule has 204 valence electrons. The number of oxazole rings is 1. The average molecular weight is 570 g/mol. The number of carbonyl (C=O) groups is 1. The number of carboxylic acid groups (broad SMARTS) is 1. The van der Waals surface area contributed by atoms with Crippen molar-refractivity contribution < 1.29 is 27.5 Å². The van der Waals surface area contributed by atoms with E-state index in [1.54, 1.807) is 43.3 Å². The zero-order valence-corrected chi connectivity index (χ0v) is 23.0. The Kier molecular flexibility index (Phi) is 8.90. The van der Waals surface area contributed by atoms with E-state index in [-0.39, 0.29) is 6.54 Å². The summed E-state index contributed by atoms with van der Waals surface area (Å²) in [6.07, 6.45) is 0.546. The number of benzene rings is 3. The number of anilines is 1. The van der Waals surface area contributed by atoms with Crippen LogP contribution in [0.1, 0.15) is 22.6 Å². The molecule has 4 aromatic rings. The lowest BCUT2D eigenvalue weighted by atomic mass is 10.2. The van der Waals surface area contributed by atoms with Gasteiger partial charge < -0.3 is 14.3 Å². The Bertz CT molecular complexity index is 1540. The number of carboxylic acids is 1.